The predicted octanol–water partition coefficient (Wildman–Crippen LogP) is 15.9. The van der Waals surface area contributed by atoms with Crippen LogP contribution in [0.25, 0.3) is 74.8 Å². The molecule has 0 N–H and O–H groups in total. The average molecular weight is 749 g/mol. The number of fused-ring (bicyclic) bond motifs is 10. The predicted molar refractivity (Wildman–Crippen MR) is 241 cm³/mol. The standard InChI is InChI=1S/C52H32N2O2S/c1-3-15-35(16-4-1)53(37-23-25-42-40-19-9-11-21-47(40)55-49(42)31-37)39-29-45-44-27-33-13-7-8-14-34(33)28-51(44)57-52(45)46(30-39)54(36-17-5-2-6-18-36)38-24-26-43-41-20-10-12-22-48(41)56-50(43)32-38/h1-32H. The minimum absolute atomic E-state index is 0.855. The summed E-state index contributed by atoms with van der Waals surface area (Å²) in [5.41, 5.74) is 9.75. The van der Waals surface area contributed by atoms with Gasteiger partial charge in [0, 0.05) is 77.6 Å². The van der Waals surface area contributed by atoms with Gasteiger partial charge in [-0.3, -0.25) is 0 Å². The Morgan fingerprint density at radius 3 is 1.46 bits per heavy atom. The van der Waals surface area contributed by atoms with E-state index in [4.69, 9.17) is 8.83 Å². The van der Waals surface area contributed by atoms with E-state index < -0.39 is 0 Å². The Hall–Kier alpha value is -7.34. The highest BCUT2D eigenvalue weighted by molar-refractivity contribution is 7.26. The van der Waals surface area contributed by atoms with Gasteiger partial charge in [0.25, 0.3) is 0 Å². The number of thiophene rings is 1. The van der Waals surface area contributed by atoms with Crippen LogP contribution in [0.3, 0.4) is 0 Å². The first-order chi connectivity index (χ1) is 28.2. The van der Waals surface area contributed by atoms with Crippen molar-refractivity contribution < 1.29 is 8.83 Å². The van der Waals surface area contributed by atoms with Crippen LogP contribution in [0.4, 0.5) is 34.1 Å². The van der Waals surface area contributed by atoms with Crippen molar-refractivity contribution in [1.82, 2.24) is 0 Å². The highest BCUT2D eigenvalue weighted by Crippen LogP contribution is 2.50. The van der Waals surface area contributed by atoms with Gasteiger partial charge in [0.2, 0.25) is 0 Å². The minimum atomic E-state index is 0.855. The highest BCUT2D eigenvalue weighted by atomic mass is 32.1. The van der Waals surface area contributed by atoms with Crippen molar-refractivity contribution >= 4 is 120 Å². The van der Waals surface area contributed by atoms with E-state index in [1.165, 1.54) is 30.9 Å². The molecule has 0 bridgehead atoms. The summed E-state index contributed by atoms with van der Waals surface area (Å²) in [6.07, 6.45) is 0. The van der Waals surface area contributed by atoms with Gasteiger partial charge in [-0.1, -0.05) is 97.1 Å². The molecule has 3 aromatic heterocycles. The molecule has 0 aliphatic rings. The third kappa shape index (κ3) is 5.13. The lowest BCUT2D eigenvalue weighted by molar-refractivity contribution is 0.668. The van der Waals surface area contributed by atoms with Gasteiger partial charge in [-0.15, -0.1) is 11.3 Å². The molecule has 12 aromatic rings. The van der Waals surface area contributed by atoms with E-state index in [0.717, 1.165) is 78.0 Å². The number of hydrogen-bond donors (Lipinski definition) is 0. The maximum absolute atomic E-state index is 6.49. The fraction of sp³-hybridized carbons (Fsp3) is 0. The van der Waals surface area contributed by atoms with E-state index in [0.29, 0.717) is 0 Å². The molecule has 0 fully saturated rings. The zero-order valence-corrected chi connectivity index (χ0v) is 31.4. The van der Waals surface area contributed by atoms with E-state index in [1.807, 2.05) is 35.6 Å². The molecule has 0 aliphatic heterocycles. The lowest BCUT2D eigenvalue weighted by Gasteiger charge is -2.30. The summed E-state index contributed by atoms with van der Waals surface area (Å²) in [4.78, 5) is 4.74. The fourth-order valence-electron chi connectivity index (χ4n) is 8.56. The molecular formula is C52H32N2O2S. The van der Waals surface area contributed by atoms with Gasteiger partial charge in [0.15, 0.2) is 0 Å². The number of nitrogens with zero attached hydrogens (tertiary/aromatic N) is 2. The van der Waals surface area contributed by atoms with Crippen molar-refractivity contribution in [2.45, 2.75) is 0 Å². The first kappa shape index (κ1) is 32.0. The second-order valence-corrected chi connectivity index (χ2v) is 15.6. The summed E-state index contributed by atoms with van der Waals surface area (Å²) in [7, 11) is 0. The number of hydrogen-bond acceptors (Lipinski definition) is 5. The average Bonchev–Trinajstić information content (AvgIpc) is 3.94. The normalized spacial score (nSPS) is 11.9. The van der Waals surface area contributed by atoms with Crippen LogP contribution < -0.4 is 9.80 Å². The van der Waals surface area contributed by atoms with E-state index in [9.17, 15) is 0 Å². The summed E-state index contributed by atoms with van der Waals surface area (Å²) in [5.74, 6) is 0. The van der Waals surface area contributed by atoms with Crippen LogP contribution in [0.5, 0.6) is 0 Å². The van der Waals surface area contributed by atoms with Gasteiger partial charge in [-0.2, -0.15) is 0 Å². The molecule has 57 heavy (non-hydrogen) atoms. The van der Waals surface area contributed by atoms with Crippen molar-refractivity contribution in [1.29, 1.82) is 0 Å². The van der Waals surface area contributed by atoms with Crippen LogP contribution >= 0.6 is 11.3 Å². The van der Waals surface area contributed by atoms with Crippen molar-refractivity contribution in [3.63, 3.8) is 0 Å². The van der Waals surface area contributed by atoms with E-state index >= 15 is 0 Å². The Labute approximate surface area is 331 Å². The molecule has 0 saturated carbocycles. The molecule has 0 saturated heterocycles. The van der Waals surface area contributed by atoms with Crippen molar-refractivity contribution in [2.24, 2.45) is 0 Å². The molecule has 0 aliphatic carbocycles. The number of anilines is 6. The van der Waals surface area contributed by atoms with Crippen molar-refractivity contribution in [3.8, 4) is 0 Å². The summed E-state index contributed by atoms with van der Waals surface area (Å²) >= 11 is 1.85. The Kier molecular flexibility index (Phi) is 7.06. The van der Waals surface area contributed by atoms with Gasteiger partial charge in [0.05, 0.1) is 10.4 Å². The topological polar surface area (TPSA) is 32.8 Å². The Morgan fingerprint density at radius 2 is 0.825 bits per heavy atom. The molecule has 0 unspecified atom stereocenters. The largest absolute Gasteiger partial charge is 0.456 e. The Bertz CT molecular complexity index is 3490. The zero-order chi connectivity index (χ0) is 37.5. The third-order valence-corrected chi connectivity index (χ3v) is 12.4. The maximum atomic E-state index is 6.49. The number of para-hydroxylation sites is 4. The minimum Gasteiger partial charge on any atom is -0.456 e. The molecule has 0 radical (unpaired) electrons. The highest BCUT2D eigenvalue weighted by Gasteiger charge is 2.24. The molecule has 268 valence electrons. The molecule has 0 spiro atoms. The van der Waals surface area contributed by atoms with Gasteiger partial charge < -0.3 is 18.6 Å². The quantitative estimate of drug-likeness (QED) is 0.170. The van der Waals surface area contributed by atoms with E-state index in [-0.39, 0.29) is 0 Å². The van der Waals surface area contributed by atoms with E-state index in [2.05, 4.69) is 180 Å². The number of rotatable bonds is 6. The summed E-state index contributed by atoms with van der Waals surface area (Å²) in [5, 5.41) is 9.33. The molecular weight excluding hydrogens is 717 g/mol. The van der Waals surface area contributed by atoms with Crippen molar-refractivity contribution in [3.05, 3.63) is 194 Å². The number of benzene rings is 9. The van der Waals surface area contributed by atoms with Gasteiger partial charge in [0.1, 0.15) is 22.3 Å². The molecule has 0 atom stereocenters. The van der Waals surface area contributed by atoms with Gasteiger partial charge in [-0.05, 0) is 95.7 Å². The smallest absolute Gasteiger partial charge is 0.137 e. The first-order valence-corrected chi connectivity index (χ1v) is 20.0. The summed E-state index contributed by atoms with van der Waals surface area (Å²) in [6.45, 7) is 0. The Balaban J connectivity index is 1.16. The van der Waals surface area contributed by atoms with Gasteiger partial charge >= 0.3 is 0 Å². The van der Waals surface area contributed by atoms with Crippen LogP contribution in [0, 0.1) is 0 Å². The van der Waals surface area contributed by atoms with Crippen LogP contribution in [-0.4, -0.2) is 0 Å². The van der Waals surface area contributed by atoms with Gasteiger partial charge in [-0.25, -0.2) is 0 Å². The summed E-state index contributed by atoms with van der Waals surface area (Å²) < 4.78 is 15.4. The summed E-state index contributed by atoms with van der Waals surface area (Å²) in [6, 6.07) is 69.1. The maximum Gasteiger partial charge on any atom is 0.137 e. The van der Waals surface area contributed by atoms with Crippen LogP contribution in [-0.2, 0) is 0 Å². The Morgan fingerprint density at radius 1 is 0.316 bits per heavy atom. The molecule has 4 nitrogen and oxygen atoms in total. The zero-order valence-electron chi connectivity index (χ0n) is 30.6. The fourth-order valence-corrected chi connectivity index (χ4v) is 9.78. The SMILES string of the molecule is c1ccc(N(c2ccc3c(c2)oc2ccccc23)c2cc(N(c3ccccc3)c3ccc4c(c3)oc3ccccc34)c3sc4cc5ccccc5cc4c3c2)cc1. The molecule has 5 heteroatoms. The molecule has 0 amide bonds. The van der Waals surface area contributed by atoms with Crippen LogP contribution in [0.1, 0.15) is 0 Å². The molecule has 3 heterocycles. The van der Waals surface area contributed by atoms with Crippen LogP contribution in [0.15, 0.2) is 203 Å². The molecule has 12 rings (SSSR count). The van der Waals surface area contributed by atoms with Crippen LogP contribution in [0.2, 0.25) is 0 Å². The first-order valence-electron chi connectivity index (χ1n) is 19.2. The lowest BCUT2D eigenvalue weighted by atomic mass is 10.0. The second-order valence-electron chi connectivity index (χ2n) is 14.5. The lowest BCUT2D eigenvalue weighted by Crippen LogP contribution is -2.13. The second kappa shape index (κ2) is 12.6. The van der Waals surface area contributed by atoms with Crippen molar-refractivity contribution in [2.75, 3.05) is 9.80 Å². The monoisotopic (exact) mass is 748 g/mol. The number of furan rings is 2. The third-order valence-electron chi connectivity index (χ3n) is 11.2. The van der Waals surface area contributed by atoms with E-state index in [1.54, 1.807) is 0 Å². The molecule has 9 aromatic carbocycles.